The van der Waals surface area contributed by atoms with Crippen molar-refractivity contribution in [2.24, 2.45) is 5.92 Å². The van der Waals surface area contributed by atoms with Gasteiger partial charge >= 0.3 is 0 Å². The zero-order chi connectivity index (χ0) is 22.9. The fourth-order valence-electron chi connectivity index (χ4n) is 4.32. The number of nitrogens with zero attached hydrogens (tertiary/aromatic N) is 2. The molecule has 2 aromatic rings. The van der Waals surface area contributed by atoms with E-state index in [9.17, 15) is 4.79 Å². The largest absolute Gasteiger partial charge is 0.356 e. The lowest BCUT2D eigenvalue weighted by Gasteiger charge is -2.30. The molecule has 170 valence electrons. The number of ether oxygens (including phenoxy) is 1. The van der Waals surface area contributed by atoms with Crippen molar-refractivity contribution < 1.29 is 9.53 Å². The summed E-state index contributed by atoms with van der Waals surface area (Å²) >= 11 is 0. The van der Waals surface area contributed by atoms with Crippen LogP contribution in [0, 0.1) is 17.2 Å². The van der Waals surface area contributed by atoms with E-state index < -0.39 is 6.10 Å². The zero-order valence-corrected chi connectivity index (χ0v) is 19.5. The number of piperidine rings is 1. The number of rotatable bonds is 9. The van der Waals surface area contributed by atoms with E-state index in [1.165, 1.54) is 18.4 Å². The van der Waals surface area contributed by atoms with Gasteiger partial charge in [0.25, 0.3) is 0 Å². The summed E-state index contributed by atoms with van der Waals surface area (Å²) in [6.07, 6.45) is 1.99. The number of hydrogen-bond donors (Lipinski definition) is 1. The van der Waals surface area contributed by atoms with E-state index in [2.05, 4.69) is 55.4 Å². The molecule has 1 aliphatic heterocycles. The minimum atomic E-state index is -0.623. The molecule has 1 aliphatic rings. The highest BCUT2D eigenvalue weighted by Crippen LogP contribution is 2.32. The molecule has 2 atom stereocenters. The molecule has 1 heterocycles. The van der Waals surface area contributed by atoms with E-state index in [4.69, 9.17) is 10.00 Å². The van der Waals surface area contributed by atoms with Crippen LogP contribution in [0.25, 0.3) is 0 Å². The van der Waals surface area contributed by atoms with Gasteiger partial charge in [-0.15, -0.1) is 0 Å². The summed E-state index contributed by atoms with van der Waals surface area (Å²) < 4.78 is 6.46. The van der Waals surface area contributed by atoms with Crippen LogP contribution in [0.4, 0.5) is 0 Å². The molecular formula is C27H35N3O2. The molecule has 5 heteroatoms. The molecule has 0 spiro atoms. The van der Waals surface area contributed by atoms with E-state index in [1.54, 1.807) is 0 Å². The monoisotopic (exact) mass is 433 g/mol. The van der Waals surface area contributed by atoms with Gasteiger partial charge in [-0.3, -0.25) is 4.79 Å². The van der Waals surface area contributed by atoms with Crippen molar-refractivity contribution in [1.29, 1.82) is 5.26 Å². The average Bonchev–Trinajstić information content (AvgIpc) is 2.81. The van der Waals surface area contributed by atoms with Gasteiger partial charge in [0.15, 0.2) is 0 Å². The van der Waals surface area contributed by atoms with Gasteiger partial charge in [0.1, 0.15) is 18.8 Å². The third-order valence-corrected chi connectivity index (χ3v) is 6.15. The lowest BCUT2D eigenvalue weighted by molar-refractivity contribution is -0.136. The van der Waals surface area contributed by atoms with E-state index in [0.29, 0.717) is 12.3 Å². The molecule has 1 saturated heterocycles. The summed E-state index contributed by atoms with van der Waals surface area (Å²) in [5.41, 5.74) is 3.43. The van der Waals surface area contributed by atoms with Crippen LogP contribution in [-0.2, 0) is 9.53 Å². The van der Waals surface area contributed by atoms with E-state index in [-0.39, 0.29) is 24.5 Å². The fraction of sp³-hybridized carbons (Fsp3) is 0.481. The van der Waals surface area contributed by atoms with Gasteiger partial charge in [-0.1, -0.05) is 68.4 Å². The maximum absolute atomic E-state index is 12.7. The van der Waals surface area contributed by atoms with Crippen LogP contribution in [0.2, 0.25) is 0 Å². The molecule has 0 aromatic heterocycles. The Labute approximate surface area is 192 Å². The minimum Gasteiger partial charge on any atom is -0.356 e. The average molecular weight is 434 g/mol. The van der Waals surface area contributed by atoms with Gasteiger partial charge < -0.3 is 15.0 Å². The van der Waals surface area contributed by atoms with Crippen LogP contribution in [0.5, 0.6) is 0 Å². The van der Waals surface area contributed by atoms with Crippen LogP contribution >= 0.6 is 0 Å². The second-order valence-corrected chi connectivity index (χ2v) is 9.17. The normalized spacial score (nSPS) is 17.0. The van der Waals surface area contributed by atoms with Crippen LogP contribution in [-0.4, -0.2) is 43.6 Å². The number of benzene rings is 2. The first-order valence-electron chi connectivity index (χ1n) is 11.6. The number of carbonyl (C=O) groups is 1. The lowest BCUT2D eigenvalue weighted by Crippen LogP contribution is -2.38. The molecule has 0 saturated carbocycles. The summed E-state index contributed by atoms with van der Waals surface area (Å²) in [6.45, 7) is 6.40. The Morgan fingerprint density at radius 1 is 1.09 bits per heavy atom. The van der Waals surface area contributed by atoms with Crippen LogP contribution in [0.1, 0.15) is 61.8 Å². The van der Waals surface area contributed by atoms with Crippen molar-refractivity contribution in [2.75, 3.05) is 26.7 Å². The number of nitrogens with one attached hydrogen (secondary N) is 1. The highest BCUT2D eigenvalue weighted by molar-refractivity contribution is 5.81. The number of amides is 1. The Hall–Kier alpha value is -2.68. The maximum atomic E-state index is 12.7. The number of nitriles is 1. The minimum absolute atomic E-state index is 0.0158. The molecular weight excluding hydrogens is 398 g/mol. The van der Waals surface area contributed by atoms with Crippen molar-refractivity contribution in [2.45, 2.75) is 51.2 Å². The Morgan fingerprint density at radius 2 is 1.72 bits per heavy atom. The van der Waals surface area contributed by atoms with Gasteiger partial charge in [-0.2, -0.15) is 5.26 Å². The summed E-state index contributed by atoms with van der Waals surface area (Å²) in [4.78, 5) is 15.1. The van der Waals surface area contributed by atoms with E-state index >= 15 is 0 Å². The molecule has 1 unspecified atom stereocenters. The molecule has 0 bridgehead atoms. The molecule has 2 aromatic carbocycles. The molecule has 1 N–H and O–H groups in total. The lowest BCUT2D eigenvalue weighted by atomic mass is 9.88. The van der Waals surface area contributed by atoms with Crippen molar-refractivity contribution >= 4 is 5.91 Å². The maximum Gasteiger partial charge on any atom is 0.250 e. The summed E-state index contributed by atoms with van der Waals surface area (Å²) in [7, 11) is 2.18. The summed E-state index contributed by atoms with van der Waals surface area (Å²) in [6, 6.07) is 20.7. The first kappa shape index (κ1) is 24.0. The highest BCUT2D eigenvalue weighted by atomic mass is 16.5. The van der Waals surface area contributed by atoms with Crippen molar-refractivity contribution in [3.63, 3.8) is 0 Å². The summed E-state index contributed by atoms with van der Waals surface area (Å²) in [5.74, 6) is 0.655. The predicted octanol–water partition coefficient (Wildman–Crippen LogP) is 4.66. The fourth-order valence-corrected chi connectivity index (χ4v) is 4.32. The Morgan fingerprint density at radius 3 is 2.31 bits per heavy atom. The smallest absolute Gasteiger partial charge is 0.250 e. The van der Waals surface area contributed by atoms with E-state index in [0.717, 1.165) is 24.2 Å². The number of hydrogen-bond acceptors (Lipinski definition) is 4. The van der Waals surface area contributed by atoms with Crippen LogP contribution < -0.4 is 5.32 Å². The quantitative estimate of drug-likeness (QED) is 0.584. The van der Waals surface area contributed by atoms with Gasteiger partial charge in [-0.25, -0.2) is 0 Å². The van der Waals surface area contributed by atoms with Gasteiger partial charge in [0, 0.05) is 0 Å². The first-order valence-corrected chi connectivity index (χ1v) is 11.6. The third kappa shape index (κ3) is 6.66. The van der Waals surface area contributed by atoms with Gasteiger partial charge in [0.2, 0.25) is 5.91 Å². The van der Waals surface area contributed by atoms with Crippen LogP contribution in [0.3, 0.4) is 0 Å². The second kappa shape index (κ2) is 11.8. The van der Waals surface area contributed by atoms with Crippen molar-refractivity contribution in [1.82, 2.24) is 10.2 Å². The van der Waals surface area contributed by atoms with E-state index in [1.807, 2.05) is 36.4 Å². The topological polar surface area (TPSA) is 65.4 Å². The molecule has 3 rings (SSSR count). The van der Waals surface area contributed by atoms with Gasteiger partial charge in [-0.05, 0) is 67.9 Å². The predicted molar refractivity (Wildman–Crippen MR) is 127 cm³/mol. The zero-order valence-electron chi connectivity index (χ0n) is 19.5. The van der Waals surface area contributed by atoms with Crippen molar-refractivity contribution in [3.8, 4) is 6.07 Å². The molecule has 1 amide bonds. The second-order valence-electron chi connectivity index (χ2n) is 9.17. The Bertz CT molecular complexity index is 881. The van der Waals surface area contributed by atoms with Crippen molar-refractivity contribution in [3.05, 3.63) is 71.3 Å². The molecule has 0 aliphatic carbocycles. The Kier molecular flexibility index (Phi) is 8.84. The SMILES string of the molecule is CC(C)C[C@H](OC(c1ccccc1)c1ccc(C2CCN(C)CC2)cc1)C(=O)NCC#N. The number of likely N-dealkylation sites (tertiary alicyclic amines) is 1. The molecule has 0 radical (unpaired) electrons. The van der Waals surface area contributed by atoms with Gasteiger partial charge in [0.05, 0.1) is 6.07 Å². The third-order valence-electron chi connectivity index (χ3n) is 6.15. The molecule has 5 nitrogen and oxygen atoms in total. The first-order chi connectivity index (χ1) is 15.5. The summed E-state index contributed by atoms with van der Waals surface area (Å²) in [5, 5.41) is 11.5. The standard InChI is InChI=1S/C27H35N3O2/c1-20(2)19-25(27(31)29-16-15-28)32-26(23-7-5-4-6-8-23)24-11-9-21(10-12-24)22-13-17-30(3)18-14-22/h4-12,20,22,25-26H,13-14,16-19H2,1-3H3,(H,29,31)/t25-,26?/m0/s1. The molecule has 1 fully saturated rings. The molecule has 32 heavy (non-hydrogen) atoms. The number of carbonyl (C=O) groups excluding carboxylic acids is 1. The highest BCUT2D eigenvalue weighted by Gasteiger charge is 2.27. The van der Waals surface area contributed by atoms with Crippen LogP contribution in [0.15, 0.2) is 54.6 Å². The Balaban J connectivity index is 1.84.